The summed E-state index contributed by atoms with van der Waals surface area (Å²) in [5, 5.41) is 2.85. The fourth-order valence-corrected chi connectivity index (χ4v) is 1.75. The van der Waals surface area contributed by atoms with Crippen LogP contribution in [0.2, 0.25) is 0 Å². The highest BCUT2D eigenvalue weighted by Crippen LogP contribution is 2.28. The van der Waals surface area contributed by atoms with Crippen LogP contribution in [0.3, 0.4) is 0 Å². The van der Waals surface area contributed by atoms with Gasteiger partial charge in [-0.2, -0.15) is 0 Å². The SMILES string of the molecule is CC(C)CCNC(=O)COC1CC(CN)C1. The van der Waals surface area contributed by atoms with Crippen molar-refractivity contribution in [1.29, 1.82) is 0 Å². The van der Waals surface area contributed by atoms with Gasteiger partial charge in [0.05, 0.1) is 6.10 Å². The van der Waals surface area contributed by atoms with Crippen LogP contribution < -0.4 is 11.1 Å². The zero-order valence-electron chi connectivity index (χ0n) is 10.4. The Morgan fingerprint density at radius 3 is 2.75 bits per heavy atom. The maximum absolute atomic E-state index is 11.4. The Morgan fingerprint density at radius 2 is 2.19 bits per heavy atom. The molecule has 0 radical (unpaired) electrons. The molecule has 4 heteroatoms. The summed E-state index contributed by atoms with van der Waals surface area (Å²) >= 11 is 0. The van der Waals surface area contributed by atoms with Crippen LogP contribution >= 0.6 is 0 Å². The summed E-state index contributed by atoms with van der Waals surface area (Å²) in [6.07, 6.45) is 3.29. The van der Waals surface area contributed by atoms with E-state index in [0.29, 0.717) is 11.8 Å². The molecule has 1 rings (SSSR count). The van der Waals surface area contributed by atoms with Crippen molar-refractivity contribution in [3.8, 4) is 0 Å². The molecule has 94 valence electrons. The van der Waals surface area contributed by atoms with E-state index in [1.54, 1.807) is 0 Å². The van der Waals surface area contributed by atoms with Crippen LogP contribution in [0.1, 0.15) is 33.1 Å². The largest absolute Gasteiger partial charge is 0.368 e. The first-order valence-electron chi connectivity index (χ1n) is 6.20. The number of carbonyl (C=O) groups is 1. The fourth-order valence-electron chi connectivity index (χ4n) is 1.75. The molecule has 4 nitrogen and oxygen atoms in total. The van der Waals surface area contributed by atoms with E-state index in [-0.39, 0.29) is 18.6 Å². The minimum atomic E-state index is -0.00292. The van der Waals surface area contributed by atoms with Crippen molar-refractivity contribution in [1.82, 2.24) is 5.32 Å². The molecular weight excluding hydrogens is 204 g/mol. The molecule has 0 aromatic carbocycles. The second kappa shape index (κ2) is 6.86. The highest BCUT2D eigenvalue weighted by Gasteiger charge is 2.28. The second-order valence-electron chi connectivity index (χ2n) is 5.04. The van der Waals surface area contributed by atoms with Gasteiger partial charge in [-0.1, -0.05) is 13.8 Å². The van der Waals surface area contributed by atoms with Crippen LogP contribution in [0.15, 0.2) is 0 Å². The zero-order valence-corrected chi connectivity index (χ0v) is 10.4. The Labute approximate surface area is 97.9 Å². The highest BCUT2D eigenvalue weighted by molar-refractivity contribution is 5.77. The predicted octanol–water partition coefficient (Wildman–Crippen LogP) is 0.903. The van der Waals surface area contributed by atoms with Gasteiger partial charge in [0, 0.05) is 6.54 Å². The average molecular weight is 228 g/mol. The number of nitrogens with one attached hydrogen (secondary N) is 1. The first-order valence-corrected chi connectivity index (χ1v) is 6.20. The van der Waals surface area contributed by atoms with E-state index in [2.05, 4.69) is 19.2 Å². The molecule has 1 aliphatic carbocycles. The summed E-state index contributed by atoms with van der Waals surface area (Å²) in [5.41, 5.74) is 5.51. The smallest absolute Gasteiger partial charge is 0.246 e. The number of carbonyl (C=O) groups excluding carboxylic acids is 1. The topological polar surface area (TPSA) is 64.3 Å². The minimum absolute atomic E-state index is 0.00292. The Morgan fingerprint density at radius 1 is 1.50 bits per heavy atom. The van der Waals surface area contributed by atoms with Crippen LogP contribution in [0.25, 0.3) is 0 Å². The lowest BCUT2D eigenvalue weighted by atomic mass is 9.82. The summed E-state index contributed by atoms with van der Waals surface area (Å²) in [7, 11) is 0. The van der Waals surface area contributed by atoms with E-state index in [4.69, 9.17) is 10.5 Å². The van der Waals surface area contributed by atoms with E-state index >= 15 is 0 Å². The van der Waals surface area contributed by atoms with Gasteiger partial charge < -0.3 is 15.8 Å². The molecule has 1 saturated carbocycles. The summed E-state index contributed by atoms with van der Waals surface area (Å²) in [6.45, 7) is 5.96. The van der Waals surface area contributed by atoms with Crippen molar-refractivity contribution < 1.29 is 9.53 Å². The molecular formula is C12H24N2O2. The van der Waals surface area contributed by atoms with E-state index < -0.39 is 0 Å². The molecule has 0 spiro atoms. The quantitative estimate of drug-likeness (QED) is 0.680. The number of rotatable bonds is 7. The van der Waals surface area contributed by atoms with Crippen LogP contribution in [0.4, 0.5) is 0 Å². The standard InChI is InChI=1S/C12H24N2O2/c1-9(2)3-4-14-12(15)8-16-11-5-10(6-11)7-13/h9-11H,3-8,13H2,1-2H3,(H,14,15). The van der Waals surface area contributed by atoms with Gasteiger partial charge in [-0.3, -0.25) is 4.79 Å². The molecule has 0 unspecified atom stereocenters. The average Bonchev–Trinajstić information content (AvgIpc) is 2.15. The molecule has 0 heterocycles. The highest BCUT2D eigenvalue weighted by atomic mass is 16.5. The molecule has 0 saturated heterocycles. The Hall–Kier alpha value is -0.610. The Balaban J connectivity index is 1.95. The van der Waals surface area contributed by atoms with Crippen LogP contribution in [0.5, 0.6) is 0 Å². The summed E-state index contributed by atoms with van der Waals surface area (Å²) < 4.78 is 5.46. The first-order chi connectivity index (χ1) is 7.61. The van der Waals surface area contributed by atoms with Gasteiger partial charge >= 0.3 is 0 Å². The van der Waals surface area contributed by atoms with Gasteiger partial charge in [-0.15, -0.1) is 0 Å². The number of hydrogen-bond acceptors (Lipinski definition) is 3. The molecule has 0 aromatic rings. The summed E-state index contributed by atoms with van der Waals surface area (Å²) in [6, 6.07) is 0. The normalized spacial score (nSPS) is 24.2. The second-order valence-corrected chi connectivity index (χ2v) is 5.04. The molecule has 0 aromatic heterocycles. The molecule has 0 aliphatic heterocycles. The van der Waals surface area contributed by atoms with Crippen LogP contribution in [-0.2, 0) is 9.53 Å². The zero-order chi connectivity index (χ0) is 12.0. The van der Waals surface area contributed by atoms with Gasteiger partial charge in [0.25, 0.3) is 0 Å². The van der Waals surface area contributed by atoms with Crippen molar-refractivity contribution in [3.05, 3.63) is 0 Å². The van der Waals surface area contributed by atoms with Crippen LogP contribution in [0, 0.1) is 11.8 Å². The van der Waals surface area contributed by atoms with Gasteiger partial charge in [0.1, 0.15) is 6.61 Å². The third-order valence-corrected chi connectivity index (χ3v) is 3.02. The van der Waals surface area contributed by atoms with Gasteiger partial charge in [0.2, 0.25) is 5.91 Å². The molecule has 0 atom stereocenters. The van der Waals surface area contributed by atoms with Crippen molar-refractivity contribution in [3.63, 3.8) is 0 Å². The van der Waals surface area contributed by atoms with Gasteiger partial charge in [-0.05, 0) is 37.6 Å². The van der Waals surface area contributed by atoms with Gasteiger partial charge in [-0.25, -0.2) is 0 Å². The summed E-state index contributed by atoms with van der Waals surface area (Å²) in [5.74, 6) is 1.23. The van der Waals surface area contributed by atoms with Gasteiger partial charge in [0.15, 0.2) is 0 Å². The van der Waals surface area contributed by atoms with Crippen molar-refractivity contribution in [2.24, 2.45) is 17.6 Å². The van der Waals surface area contributed by atoms with Crippen molar-refractivity contribution >= 4 is 5.91 Å². The number of ether oxygens (including phenoxy) is 1. The van der Waals surface area contributed by atoms with Crippen molar-refractivity contribution in [2.45, 2.75) is 39.2 Å². The first kappa shape index (κ1) is 13.5. The maximum atomic E-state index is 11.4. The molecule has 1 amide bonds. The van der Waals surface area contributed by atoms with E-state index in [1.807, 2.05) is 0 Å². The number of amides is 1. The lowest BCUT2D eigenvalue weighted by Crippen LogP contribution is -2.38. The number of nitrogens with two attached hydrogens (primary N) is 1. The third-order valence-electron chi connectivity index (χ3n) is 3.02. The number of hydrogen-bond donors (Lipinski definition) is 2. The van der Waals surface area contributed by atoms with Crippen molar-refractivity contribution in [2.75, 3.05) is 19.7 Å². The molecule has 1 fully saturated rings. The predicted molar refractivity (Wildman–Crippen MR) is 64.0 cm³/mol. The molecule has 3 N–H and O–H groups in total. The monoisotopic (exact) mass is 228 g/mol. The lowest BCUT2D eigenvalue weighted by Gasteiger charge is -2.33. The minimum Gasteiger partial charge on any atom is -0.368 e. The summed E-state index contributed by atoms with van der Waals surface area (Å²) in [4.78, 5) is 11.4. The molecule has 0 bridgehead atoms. The maximum Gasteiger partial charge on any atom is 0.246 e. The van der Waals surface area contributed by atoms with E-state index in [1.165, 1.54) is 0 Å². The third kappa shape index (κ3) is 4.94. The lowest BCUT2D eigenvalue weighted by molar-refractivity contribution is -0.130. The Kier molecular flexibility index (Phi) is 5.77. The molecule has 16 heavy (non-hydrogen) atoms. The Bertz CT molecular complexity index is 213. The van der Waals surface area contributed by atoms with E-state index in [0.717, 1.165) is 32.4 Å². The van der Waals surface area contributed by atoms with E-state index in [9.17, 15) is 4.79 Å². The molecule has 1 aliphatic rings. The van der Waals surface area contributed by atoms with Crippen LogP contribution in [-0.4, -0.2) is 31.7 Å². The fraction of sp³-hybridized carbons (Fsp3) is 0.917.